The molecule has 1 fully saturated rings. The molecule has 2 aromatic rings. The number of nitrogens with one attached hydrogen (secondary N) is 1. The monoisotopic (exact) mass is 464 g/mol. The van der Waals surface area contributed by atoms with Crippen molar-refractivity contribution in [2.75, 3.05) is 25.6 Å². The van der Waals surface area contributed by atoms with Gasteiger partial charge in [-0.15, -0.1) is 0 Å². The van der Waals surface area contributed by atoms with Crippen LogP contribution in [0, 0.1) is 0 Å². The SMILES string of the molecule is CCCCOc1ccc(OC)cc1NC(=O)C1CCCN1C(=O)c1ccc(Cl)c(Cl)c1. The quantitative estimate of drug-likeness (QED) is 0.529. The van der Waals surface area contributed by atoms with Crippen LogP contribution in [0.15, 0.2) is 36.4 Å². The number of hydrogen-bond acceptors (Lipinski definition) is 4. The van der Waals surface area contributed by atoms with Crippen LogP contribution in [0.4, 0.5) is 5.69 Å². The molecule has 2 amide bonds. The van der Waals surface area contributed by atoms with Crippen LogP contribution in [-0.2, 0) is 4.79 Å². The van der Waals surface area contributed by atoms with Crippen LogP contribution < -0.4 is 14.8 Å². The molecule has 166 valence electrons. The first-order valence-electron chi connectivity index (χ1n) is 10.3. The lowest BCUT2D eigenvalue weighted by molar-refractivity contribution is -0.119. The molecule has 0 aromatic heterocycles. The van der Waals surface area contributed by atoms with Crippen molar-refractivity contribution in [3.63, 3.8) is 0 Å². The van der Waals surface area contributed by atoms with E-state index in [1.807, 2.05) is 0 Å². The smallest absolute Gasteiger partial charge is 0.254 e. The lowest BCUT2D eigenvalue weighted by atomic mass is 10.1. The van der Waals surface area contributed by atoms with E-state index in [0.29, 0.717) is 52.4 Å². The summed E-state index contributed by atoms with van der Waals surface area (Å²) in [5, 5.41) is 3.61. The average molecular weight is 465 g/mol. The van der Waals surface area contributed by atoms with Gasteiger partial charge in [-0.1, -0.05) is 36.5 Å². The number of ether oxygens (including phenoxy) is 2. The number of methoxy groups -OCH3 is 1. The number of halogens is 2. The van der Waals surface area contributed by atoms with Gasteiger partial charge in [0, 0.05) is 18.2 Å². The van der Waals surface area contributed by atoms with Crippen molar-refractivity contribution < 1.29 is 19.1 Å². The third-order valence-electron chi connectivity index (χ3n) is 5.18. The number of likely N-dealkylation sites (tertiary alicyclic amines) is 1. The number of benzene rings is 2. The van der Waals surface area contributed by atoms with Crippen molar-refractivity contribution in [3.05, 3.63) is 52.0 Å². The Balaban J connectivity index is 1.77. The van der Waals surface area contributed by atoms with Crippen LogP contribution in [0.3, 0.4) is 0 Å². The van der Waals surface area contributed by atoms with E-state index < -0.39 is 6.04 Å². The highest BCUT2D eigenvalue weighted by molar-refractivity contribution is 6.42. The first-order valence-corrected chi connectivity index (χ1v) is 11.1. The number of carbonyl (C=O) groups excluding carboxylic acids is 2. The van der Waals surface area contributed by atoms with Crippen molar-refractivity contribution in [1.29, 1.82) is 0 Å². The molecule has 1 aliphatic rings. The van der Waals surface area contributed by atoms with Crippen molar-refractivity contribution >= 4 is 40.7 Å². The van der Waals surface area contributed by atoms with Crippen LogP contribution in [0.5, 0.6) is 11.5 Å². The summed E-state index contributed by atoms with van der Waals surface area (Å²) in [6.45, 7) is 3.13. The van der Waals surface area contributed by atoms with E-state index >= 15 is 0 Å². The highest BCUT2D eigenvalue weighted by atomic mass is 35.5. The molecule has 2 aromatic carbocycles. The number of carbonyl (C=O) groups is 2. The van der Waals surface area contributed by atoms with Gasteiger partial charge in [-0.3, -0.25) is 9.59 Å². The molecule has 0 aliphatic carbocycles. The van der Waals surface area contributed by atoms with Crippen molar-refractivity contribution in [2.45, 2.75) is 38.6 Å². The molecule has 1 unspecified atom stereocenters. The van der Waals surface area contributed by atoms with E-state index in [1.54, 1.807) is 42.3 Å². The zero-order chi connectivity index (χ0) is 22.4. The molecule has 1 atom stereocenters. The van der Waals surface area contributed by atoms with Gasteiger partial charge in [0.05, 0.1) is 29.4 Å². The van der Waals surface area contributed by atoms with Crippen LogP contribution in [-0.4, -0.2) is 43.0 Å². The summed E-state index contributed by atoms with van der Waals surface area (Å²) in [5.41, 5.74) is 0.924. The lowest BCUT2D eigenvalue weighted by Gasteiger charge is -2.25. The second-order valence-corrected chi connectivity index (χ2v) is 8.15. The van der Waals surface area contributed by atoms with Gasteiger partial charge in [0.25, 0.3) is 5.91 Å². The van der Waals surface area contributed by atoms with Crippen LogP contribution in [0.25, 0.3) is 0 Å². The van der Waals surface area contributed by atoms with Crippen molar-refractivity contribution in [3.8, 4) is 11.5 Å². The molecule has 0 spiro atoms. The Hall–Kier alpha value is -2.44. The number of unbranched alkanes of at least 4 members (excludes halogenated alkanes) is 1. The highest BCUT2D eigenvalue weighted by Crippen LogP contribution is 2.31. The Labute approximate surface area is 192 Å². The summed E-state index contributed by atoms with van der Waals surface area (Å²) in [5.74, 6) is 0.664. The number of nitrogens with zero attached hydrogens (tertiary/aromatic N) is 1. The molecule has 1 heterocycles. The fourth-order valence-electron chi connectivity index (χ4n) is 3.48. The number of anilines is 1. The van der Waals surface area contributed by atoms with Crippen LogP contribution >= 0.6 is 23.2 Å². The zero-order valence-corrected chi connectivity index (χ0v) is 19.1. The molecule has 8 heteroatoms. The summed E-state index contributed by atoms with van der Waals surface area (Å²) < 4.78 is 11.1. The predicted octanol–water partition coefficient (Wildman–Crippen LogP) is 5.42. The first-order chi connectivity index (χ1) is 14.9. The summed E-state index contributed by atoms with van der Waals surface area (Å²) in [6.07, 6.45) is 3.23. The molecule has 3 rings (SSSR count). The maximum absolute atomic E-state index is 13.1. The molecule has 0 bridgehead atoms. The molecule has 0 saturated carbocycles. The molecular formula is C23H26Cl2N2O4. The third-order valence-corrected chi connectivity index (χ3v) is 5.92. The number of rotatable bonds is 8. The van der Waals surface area contributed by atoms with Crippen LogP contribution in [0.1, 0.15) is 43.0 Å². The first kappa shape index (κ1) is 23.2. The average Bonchev–Trinajstić information content (AvgIpc) is 3.26. The Morgan fingerprint density at radius 3 is 2.68 bits per heavy atom. The normalized spacial score (nSPS) is 15.6. The Bertz CT molecular complexity index is 951. The molecule has 1 saturated heterocycles. The molecule has 6 nitrogen and oxygen atoms in total. The Morgan fingerprint density at radius 1 is 1.16 bits per heavy atom. The van der Waals surface area contributed by atoms with E-state index in [4.69, 9.17) is 32.7 Å². The molecule has 0 radical (unpaired) electrons. The minimum Gasteiger partial charge on any atom is -0.497 e. The Morgan fingerprint density at radius 2 is 1.97 bits per heavy atom. The second kappa shape index (κ2) is 10.7. The van der Waals surface area contributed by atoms with Gasteiger partial charge in [-0.2, -0.15) is 0 Å². The van der Waals surface area contributed by atoms with Gasteiger partial charge >= 0.3 is 0 Å². The largest absolute Gasteiger partial charge is 0.497 e. The maximum Gasteiger partial charge on any atom is 0.254 e. The molecule has 1 aliphatic heterocycles. The molecular weight excluding hydrogens is 439 g/mol. The summed E-state index contributed by atoms with van der Waals surface area (Å²) in [7, 11) is 1.56. The van der Waals surface area contributed by atoms with Crippen molar-refractivity contribution in [2.24, 2.45) is 0 Å². The summed E-state index contributed by atoms with van der Waals surface area (Å²) in [6, 6.07) is 9.42. The van der Waals surface area contributed by atoms with E-state index in [-0.39, 0.29) is 11.8 Å². The van der Waals surface area contributed by atoms with E-state index in [2.05, 4.69) is 12.2 Å². The van der Waals surface area contributed by atoms with Gasteiger partial charge in [0.1, 0.15) is 17.5 Å². The van der Waals surface area contributed by atoms with Gasteiger partial charge in [-0.25, -0.2) is 0 Å². The zero-order valence-electron chi connectivity index (χ0n) is 17.6. The standard InChI is InChI=1S/C23H26Cl2N2O4/c1-3-4-12-31-21-10-8-16(30-2)14-19(21)26-22(28)20-6-5-11-27(20)23(29)15-7-9-17(24)18(25)13-15/h7-10,13-14,20H,3-6,11-12H2,1-2H3,(H,26,28). The fourth-order valence-corrected chi connectivity index (χ4v) is 3.78. The lowest BCUT2D eigenvalue weighted by Crippen LogP contribution is -2.43. The maximum atomic E-state index is 13.1. The number of amides is 2. The minimum absolute atomic E-state index is 0.249. The van der Waals surface area contributed by atoms with Gasteiger partial charge in [0.15, 0.2) is 0 Å². The number of hydrogen-bond donors (Lipinski definition) is 1. The van der Waals surface area contributed by atoms with Gasteiger partial charge in [0.2, 0.25) is 5.91 Å². The van der Waals surface area contributed by atoms with E-state index in [0.717, 1.165) is 19.3 Å². The van der Waals surface area contributed by atoms with E-state index in [9.17, 15) is 9.59 Å². The fraction of sp³-hybridized carbons (Fsp3) is 0.391. The Kier molecular flexibility index (Phi) is 8.04. The van der Waals surface area contributed by atoms with E-state index in [1.165, 1.54) is 6.07 Å². The molecule has 31 heavy (non-hydrogen) atoms. The van der Waals surface area contributed by atoms with Gasteiger partial charge in [-0.05, 0) is 49.6 Å². The highest BCUT2D eigenvalue weighted by Gasteiger charge is 2.35. The summed E-state index contributed by atoms with van der Waals surface area (Å²) >= 11 is 12.0. The van der Waals surface area contributed by atoms with Crippen LogP contribution in [0.2, 0.25) is 10.0 Å². The molecule has 1 N–H and O–H groups in total. The predicted molar refractivity (Wildman–Crippen MR) is 123 cm³/mol. The van der Waals surface area contributed by atoms with Gasteiger partial charge < -0.3 is 19.7 Å². The third kappa shape index (κ3) is 5.63. The summed E-state index contributed by atoms with van der Waals surface area (Å²) in [4.78, 5) is 27.7. The topological polar surface area (TPSA) is 67.9 Å². The minimum atomic E-state index is -0.586. The van der Waals surface area contributed by atoms with Crippen molar-refractivity contribution in [1.82, 2.24) is 4.90 Å². The second-order valence-electron chi connectivity index (χ2n) is 7.34.